The topological polar surface area (TPSA) is 49.0 Å². The molecule has 1 aliphatic heterocycles. The molecule has 5 heterocycles. The average Bonchev–Trinajstić information content (AvgIpc) is 1.60. The van der Waals surface area contributed by atoms with Gasteiger partial charge < -0.3 is 9.15 Å². The Labute approximate surface area is 514 Å². The summed E-state index contributed by atoms with van der Waals surface area (Å²) in [6, 6.07) is 38.0. The third-order valence-corrected chi connectivity index (χ3v) is 15.9. The first-order chi connectivity index (χ1) is 48.9. The molecule has 4 aromatic heterocycles. The molecule has 0 atom stereocenters. The Morgan fingerprint density at radius 2 is 1.17 bits per heavy atom. The predicted molar refractivity (Wildman–Crippen MR) is 344 cm³/mol. The number of ether oxygens (including phenoxy) is 1. The number of aryl methyl sites for hydroxylation is 2. The number of benzene rings is 11. The van der Waals surface area contributed by atoms with E-state index in [0.717, 1.165) is 27.4 Å². The third-order valence-electron chi connectivity index (χ3n) is 15.9. The molecule has 1 aliphatic rings. The van der Waals surface area contributed by atoms with E-state index in [1.54, 1.807) is 69.9 Å². The number of hydrogen-bond acceptors (Lipinski definition) is 3. The van der Waals surface area contributed by atoms with Gasteiger partial charge in [0, 0.05) is 42.0 Å². The Morgan fingerprint density at radius 1 is 0.500 bits per heavy atom. The lowest BCUT2D eigenvalue weighted by atomic mass is 9.85. The molecule has 15 aromatic rings. The molecule has 0 N–H and O–H groups in total. The van der Waals surface area contributed by atoms with E-state index in [1.165, 1.54) is 30.3 Å². The lowest BCUT2D eigenvalue weighted by Gasteiger charge is -2.22. The van der Waals surface area contributed by atoms with Crippen molar-refractivity contribution in [2.45, 2.75) is 39.9 Å². The van der Waals surface area contributed by atoms with Gasteiger partial charge in [0.15, 0.2) is 0 Å². The Morgan fingerprint density at radius 3 is 1.95 bits per heavy atom. The number of hydrogen-bond donors (Lipinski definition) is 0. The Balaban J connectivity index is 1.07. The van der Waals surface area contributed by atoms with Gasteiger partial charge in [-0.25, -0.2) is 4.98 Å². The van der Waals surface area contributed by atoms with Crippen molar-refractivity contribution in [2.75, 3.05) is 0 Å². The number of pyridine rings is 1. The van der Waals surface area contributed by atoms with E-state index in [9.17, 15) is 13.7 Å². The summed E-state index contributed by atoms with van der Waals surface area (Å²) in [5, 5.41) is 3.21. The van der Waals surface area contributed by atoms with E-state index >= 15 is 0 Å². The number of aromatic nitrogens is 4. The summed E-state index contributed by atoms with van der Waals surface area (Å²) >= 11 is 0. The van der Waals surface area contributed by atoms with Gasteiger partial charge in [-0.3, -0.25) is 13.7 Å². The quantitative estimate of drug-likeness (QED) is 0.118. The summed E-state index contributed by atoms with van der Waals surface area (Å²) in [6.07, 6.45) is 5.38. The minimum Gasteiger partial charge on any atom is -0.458 e. The van der Waals surface area contributed by atoms with Crippen LogP contribution in [0.15, 0.2) is 253 Å². The van der Waals surface area contributed by atoms with Crippen molar-refractivity contribution in [1.29, 1.82) is 0 Å². The number of nitrogens with zero attached hydrogens (tertiary/aromatic N) is 4. The maximum absolute atomic E-state index is 10.2. The zero-order valence-corrected chi connectivity index (χ0v) is 45.3. The van der Waals surface area contributed by atoms with Crippen LogP contribution in [0.3, 0.4) is 0 Å². The van der Waals surface area contributed by atoms with Crippen molar-refractivity contribution >= 4 is 54.8 Å². The smallest absolute Gasteiger partial charge is 0.269 e. The van der Waals surface area contributed by atoms with Gasteiger partial charge in [0.2, 0.25) is 0 Å². The standard InChI is InChI=1S/C78H56N4O2/c1-48-19-17-20-49(2)75(48)53-41-65(51-33-36-73-66(39-51)64-30-14-16-32-72(64)84-73)76-67(42-53)60-27-11-9-25-58(60)59-26-10-12-28-61(59)68-40-52(50-21-7-6-8-22-50)43-71-77(68)81(76)47-80(71)55-23-18-24-56(45-55)83-57-34-35-63-62-29-13-15-31-69(62)82(70(63)46-57)74-44-54(37-38-79-74)78(3,4)5/h6-46H,1-5H3/i1D3,2D3,6D,7D,8D,9D,10D,11D,12D,21D,22D,25D,26D,27D,28D. The molecule has 6 heteroatoms. The van der Waals surface area contributed by atoms with Crippen molar-refractivity contribution in [3.63, 3.8) is 0 Å². The highest BCUT2D eigenvalue weighted by molar-refractivity contribution is 6.10. The molecular formula is C78H56N4O2. The van der Waals surface area contributed by atoms with Gasteiger partial charge >= 0.3 is 0 Å². The summed E-state index contributed by atoms with van der Waals surface area (Å²) < 4.78 is 196. The summed E-state index contributed by atoms with van der Waals surface area (Å²) in [7, 11) is 0. The van der Waals surface area contributed by atoms with Crippen molar-refractivity contribution < 1.29 is 39.8 Å². The van der Waals surface area contributed by atoms with Crippen molar-refractivity contribution in [3.8, 4) is 95.5 Å². The summed E-state index contributed by atoms with van der Waals surface area (Å²) in [4.78, 5) is 4.87. The molecule has 0 aliphatic carbocycles. The van der Waals surface area contributed by atoms with Gasteiger partial charge in [-0.1, -0.05) is 172 Å². The molecule has 11 aromatic carbocycles. The number of imidazole rings is 1. The predicted octanol–water partition coefficient (Wildman–Crippen LogP) is 20.1. The lowest BCUT2D eigenvalue weighted by Crippen LogP contribution is -2.32. The normalized spacial score (nSPS) is 15.6. The van der Waals surface area contributed by atoms with Crippen LogP contribution < -0.4 is 9.30 Å². The highest BCUT2D eigenvalue weighted by Crippen LogP contribution is 2.49. The van der Waals surface area contributed by atoms with Crippen LogP contribution in [0.25, 0.3) is 139 Å². The zero-order chi connectivity index (χ0) is 72.7. The lowest BCUT2D eigenvalue weighted by molar-refractivity contribution is -0.570. The fourth-order valence-corrected chi connectivity index (χ4v) is 12.0. The van der Waals surface area contributed by atoms with Gasteiger partial charge in [-0.15, -0.1) is 0 Å². The first-order valence-electron chi connectivity index (χ1n) is 36.8. The second-order valence-corrected chi connectivity index (χ2v) is 21.9. The summed E-state index contributed by atoms with van der Waals surface area (Å²) in [6.45, 7) is 0.470. The van der Waals surface area contributed by atoms with Crippen LogP contribution >= 0.6 is 0 Å². The fourth-order valence-electron chi connectivity index (χ4n) is 12.0. The van der Waals surface area contributed by atoms with E-state index in [2.05, 4.69) is 37.7 Å². The van der Waals surface area contributed by atoms with Crippen LogP contribution in [0.1, 0.15) is 63.5 Å². The Bertz CT molecular complexity index is 6180. The molecule has 0 fully saturated rings. The molecule has 0 bridgehead atoms. The molecule has 400 valence electrons. The van der Waals surface area contributed by atoms with Crippen LogP contribution in [-0.4, -0.2) is 14.1 Å². The summed E-state index contributed by atoms with van der Waals surface area (Å²) in [5.74, 6) is 1.42. The van der Waals surface area contributed by atoms with Crippen molar-refractivity contribution in [2.24, 2.45) is 0 Å². The van der Waals surface area contributed by atoms with E-state index in [4.69, 9.17) is 26.5 Å². The Hall–Kier alpha value is -10.6. The van der Waals surface area contributed by atoms with E-state index in [1.807, 2.05) is 72.8 Å². The maximum Gasteiger partial charge on any atom is 0.269 e. The second-order valence-electron chi connectivity index (χ2n) is 21.9. The third kappa shape index (κ3) is 7.93. The molecule has 16 rings (SSSR count). The molecular weight excluding hydrogens is 1020 g/mol. The van der Waals surface area contributed by atoms with Gasteiger partial charge in [-0.2, -0.15) is 0 Å². The molecule has 0 amide bonds. The number of furan rings is 1. The first-order valence-corrected chi connectivity index (χ1v) is 27.3. The number of fused-ring (bicyclic) bond motifs is 13. The molecule has 0 saturated carbocycles. The first kappa shape index (κ1) is 33.4. The minimum absolute atomic E-state index is 0.0392. The number of para-hydroxylation sites is 2. The van der Waals surface area contributed by atoms with Crippen LogP contribution in [0.2, 0.25) is 0 Å². The minimum atomic E-state index is -2.97. The fraction of sp³-hybridized carbons (Fsp3) is 0.0769. The highest BCUT2D eigenvalue weighted by Gasteiger charge is 2.29. The summed E-state index contributed by atoms with van der Waals surface area (Å²) in [5.41, 5.74) is 1.55. The van der Waals surface area contributed by atoms with E-state index in [0.29, 0.717) is 50.5 Å². The Kier molecular flexibility index (Phi) is 7.56. The zero-order valence-electron chi connectivity index (χ0n) is 64.3. The SMILES string of the molecule is [2H]c1c([2H])c([2H])c(-c2cc3c4c(c2)n(-c2cccc(Oc5ccc6c7ccccc7n(-c7cc(C(C)(C)C)ccn7)c6c5)c2)[c-][n+]4-c2c(-c4ccc5oc6ccccc6c5c4)cc(-c4c(C([2H])([2H])[2H])cccc4C([2H])([2H])[2H])cc2-c2c([2H])c([2H])c([2H])c([2H])c2-c2c([2H])c([2H])c([2H])c([2H])c2-3)c([2H])c1[2H]. The van der Waals surface area contributed by atoms with E-state index in [-0.39, 0.29) is 83.3 Å². The van der Waals surface area contributed by atoms with Gasteiger partial charge in [0.1, 0.15) is 28.5 Å². The van der Waals surface area contributed by atoms with Crippen LogP contribution in [0, 0.1) is 20.0 Å². The monoisotopic (exact) mass is 1100 g/mol. The molecule has 0 radical (unpaired) electrons. The number of rotatable bonds is 7. The van der Waals surface area contributed by atoms with Crippen molar-refractivity contribution in [1.82, 2.24) is 14.1 Å². The van der Waals surface area contributed by atoms with Gasteiger partial charge in [0.25, 0.3) is 6.33 Å². The molecule has 6 nitrogen and oxygen atoms in total. The average molecular weight is 1100 g/mol. The van der Waals surface area contributed by atoms with Crippen LogP contribution in [0.4, 0.5) is 0 Å². The largest absolute Gasteiger partial charge is 0.458 e. The van der Waals surface area contributed by atoms with Gasteiger partial charge in [-0.05, 0) is 187 Å². The van der Waals surface area contributed by atoms with Gasteiger partial charge in [0.05, 0.1) is 51.3 Å². The molecule has 84 heavy (non-hydrogen) atoms. The van der Waals surface area contributed by atoms with Crippen LogP contribution in [-0.2, 0) is 5.41 Å². The maximum atomic E-state index is 10.2. The molecule has 0 unspecified atom stereocenters. The van der Waals surface area contributed by atoms with E-state index < -0.39 is 103 Å². The van der Waals surface area contributed by atoms with Crippen LogP contribution in [0.5, 0.6) is 11.5 Å². The molecule has 0 spiro atoms. The van der Waals surface area contributed by atoms with Crippen molar-refractivity contribution in [3.05, 3.63) is 272 Å². The second kappa shape index (κ2) is 19.0. The molecule has 0 saturated heterocycles. The highest BCUT2D eigenvalue weighted by atomic mass is 16.5.